The Morgan fingerprint density at radius 2 is 1.00 bits per heavy atom. The van der Waals surface area contributed by atoms with Crippen molar-refractivity contribution in [1.29, 1.82) is 0 Å². The van der Waals surface area contributed by atoms with E-state index < -0.39 is 65.5 Å². The van der Waals surface area contributed by atoms with Gasteiger partial charge >= 0.3 is 0 Å². The summed E-state index contributed by atoms with van der Waals surface area (Å²) in [4.78, 5) is 0. The Kier molecular flexibility index (Phi) is 3.79. The van der Waals surface area contributed by atoms with Crippen molar-refractivity contribution in [2.75, 3.05) is 0 Å². The molecule has 0 fully saturated rings. The van der Waals surface area contributed by atoms with Crippen molar-refractivity contribution in [2.24, 2.45) is 0 Å². The lowest BCUT2D eigenvalue weighted by Crippen LogP contribution is -1.91. The van der Waals surface area contributed by atoms with Crippen LogP contribution >= 0.6 is 0 Å². The quantitative estimate of drug-likeness (QED) is 0.182. The summed E-state index contributed by atoms with van der Waals surface area (Å²) in [5, 5.41) is 6.55. The van der Waals surface area contributed by atoms with Gasteiger partial charge in [-0.2, -0.15) is 0 Å². The minimum absolute atomic E-state index is 0.0535. The van der Waals surface area contributed by atoms with Gasteiger partial charge in [0.2, 0.25) is 0 Å². The molecule has 0 aliphatic carbocycles. The first-order valence-electron chi connectivity index (χ1n) is 20.8. The van der Waals surface area contributed by atoms with Crippen LogP contribution in [-0.4, -0.2) is 0 Å². The number of furan rings is 1. The van der Waals surface area contributed by atoms with E-state index in [2.05, 4.69) is 30.3 Å². The molecule has 0 aliphatic heterocycles. The summed E-state index contributed by atoms with van der Waals surface area (Å²) >= 11 is 0. The molecule has 0 bridgehead atoms. The number of rotatable bonds is 3. The third-order valence-corrected chi connectivity index (χ3v) is 8.94. The van der Waals surface area contributed by atoms with E-state index in [1.165, 1.54) is 0 Å². The lowest BCUT2D eigenvalue weighted by molar-refractivity contribution is 0.669. The molecule has 0 saturated carbocycles. The Hall–Kier alpha value is -6.18. The molecule has 1 heterocycles. The molecule has 0 atom stereocenters. The highest BCUT2D eigenvalue weighted by Crippen LogP contribution is 2.47. The average molecular weight is 608 g/mol. The standard InChI is InChI=1S/C46H28O/c1-2-11-29(12-3-1)32-21-22-34-26-35(24-23-33(34)25-32)44-36-15-6-8-17-38(36)45(39-18-9-7-16-37(39)44)40-19-10-20-42-46(40)41-27-30-13-4-5-14-31(30)28-43(41)47-42/h1-28H/i1D,2D,3D,11D,12D,21D,22D,23D,24D,25D,26D. The average Bonchev–Trinajstić information content (AvgIpc) is 3.60. The normalized spacial score (nSPS) is 15.1. The molecule has 0 amide bonds. The van der Waals surface area contributed by atoms with Gasteiger partial charge in [0.05, 0.1) is 15.1 Å². The predicted molar refractivity (Wildman–Crippen MR) is 200 cm³/mol. The SMILES string of the molecule is [2H]c1c([2H])c([2H])c(-c2c([2H])c([2H])c3c([2H])c(-c4c5ccccc5c(-c5cccc6oc7cc8ccccc8cc7c56)c5ccccc45)c([2H])c([2H])c3c2[2H])c([2H])c1[2H]. The van der Waals surface area contributed by atoms with Crippen LogP contribution < -0.4 is 0 Å². The summed E-state index contributed by atoms with van der Waals surface area (Å²) in [6.07, 6.45) is 0. The van der Waals surface area contributed by atoms with Gasteiger partial charge in [0.15, 0.2) is 0 Å². The fraction of sp³-hybridized carbons (Fsp3) is 0. The number of benzene rings is 9. The van der Waals surface area contributed by atoms with E-state index in [4.69, 9.17) is 12.6 Å². The highest BCUT2D eigenvalue weighted by Gasteiger charge is 2.20. The Bertz CT molecular complexity index is 3390. The maximum atomic E-state index is 9.65. The molecule has 0 spiro atoms. The molecule has 9 aromatic carbocycles. The fourth-order valence-corrected chi connectivity index (χ4v) is 6.91. The van der Waals surface area contributed by atoms with Crippen LogP contribution in [0.2, 0.25) is 0 Å². The molecule has 0 radical (unpaired) electrons. The highest BCUT2D eigenvalue weighted by atomic mass is 16.3. The minimum atomic E-state index is -0.668. The Balaban J connectivity index is 1.31. The van der Waals surface area contributed by atoms with Crippen LogP contribution in [0.5, 0.6) is 0 Å². The summed E-state index contributed by atoms with van der Waals surface area (Å²) in [7, 11) is 0. The molecule has 1 heteroatoms. The van der Waals surface area contributed by atoms with Crippen molar-refractivity contribution in [3.63, 3.8) is 0 Å². The summed E-state index contributed by atoms with van der Waals surface area (Å²) in [5.41, 5.74) is 2.98. The second-order valence-electron chi connectivity index (χ2n) is 11.6. The van der Waals surface area contributed by atoms with Crippen LogP contribution in [0.1, 0.15) is 15.1 Å². The first-order valence-corrected chi connectivity index (χ1v) is 15.3. The van der Waals surface area contributed by atoms with Gasteiger partial charge in [-0.1, -0.05) is 139 Å². The van der Waals surface area contributed by atoms with Crippen molar-refractivity contribution in [3.05, 3.63) is 170 Å². The van der Waals surface area contributed by atoms with Crippen molar-refractivity contribution in [3.8, 4) is 33.4 Å². The molecule has 0 unspecified atom stereocenters. The number of fused-ring (bicyclic) bond motifs is 7. The van der Waals surface area contributed by atoms with Gasteiger partial charge in [0.1, 0.15) is 11.2 Å². The number of hydrogen-bond acceptors (Lipinski definition) is 1. The van der Waals surface area contributed by atoms with Gasteiger partial charge in [-0.3, -0.25) is 0 Å². The first kappa shape index (κ1) is 17.5. The molecule has 0 aliphatic rings. The summed E-state index contributed by atoms with van der Waals surface area (Å²) in [5.74, 6) is 0. The fourth-order valence-electron chi connectivity index (χ4n) is 6.91. The van der Waals surface area contributed by atoms with Crippen molar-refractivity contribution < 1.29 is 19.5 Å². The lowest BCUT2D eigenvalue weighted by Gasteiger charge is -2.18. The molecule has 47 heavy (non-hydrogen) atoms. The number of hydrogen-bond donors (Lipinski definition) is 0. The van der Waals surface area contributed by atoms with E-state index in [0.717, 1.165) is 54.6 Å². The van der Waals surface area contributed by atoms with E-state index in [1.807, 2.05) is 72.8 Å². The van der Waals surface area contributed by atoms with Crippen LogP contribution in [0.15, 0.2) is 174 Å². The Morgan fingerprint density at radius 1 is 0.404 bits per heavy atom. The minimum Gasteiger partial charge on any atom is -0.456 e. The first-order chi connectivity index (χ1) is 27.9. The monoisotopic (exact) mass is 607 g/mol. The molecule has 218 valence electrons. The van der Waals surface area contributed by atoms with Gasteiger partial charge in [-0.15, -0.1) is 0 Å². The Morgan fingerprint density at radius 3 is 1.70 bits per heavy atom. The van der Waals surface area contributed by atoms with E-state index in [-0.39, 0.29) is 28.4 Å². The third-order valence-electron chi connectivity index (χ3n) is 8.94. The zero-order valence-corrected chi connectivity index (χ0v) is 24.7. The van der Waals surface area contributed by atoms with Gasteiger partial charge in [-0.05, 0) is 107 Å². The summed E-state index contributed by atoms with van der Waals surface area (Å²) in [6.45, 7) is 0. The van der Waals surface area contributed by atoms with Crippen LogP contribution in [0.4, 0.5) is 0 Å². The van der Waals surface area contributed by atoms with E-state index in [9.17, 15) is 6.85 Å². The molecule has 1 aromatic heterocycles. The maximum absolute atomic E-state index is 9.65. The van der Waals surface area contributed by atoms with Crippen molar-refractivity contribution in [2.45, 2.75) is 0 Å². The lowest BCUT2D eigenvalue weighted by atomic mass is 9.84. The van der Waals surface area contributed by atoms with E-state index in [0.29, 0.717) is 16.3 Å². The molecule has 0 saturated heterocycles. The maximum Gasteiger partial charge on any atom is 0.136 e. The molecule has 1 nitrogen and oxygen atoms in total. The van der Waals surface area contributed by atoms with Crippen LogP contribution in [0, 0.1) is 0 Å². The van der Waals surface area contributed by atoms with E-state index in [1.54, 1.807) is 0 Å². The summed E-state index contributed by atoms with van der Waals surface area (Å²) < 4.78 is 104. The van der Waals surface area contributed by atoms with Crippen LogP contribution in [0.3, 0.4) is 0 Å². The second-order valence-corrected chi connectivity index (χ2v) is 11.6. The smallest absolute Gasteiger partial charge is 0.136 e. The molecule has 10 rings (SSSR count). The zero-order chi connectivity index (χ0) is 40.5. The zero-order valence-electron chi connectivity index (χ0n) is 35.7. The molecular weight excluding hydrogens is 569 g/mol. The van der Waals surface area contributed by atoms with Crippen molar-refractivity contribution >= 4 is 65.0 Å². The van der Waals surface area contributed by atoms with Crippen LogP contribution in [-0.2, 0) is 0 Å². The van der Waals surface area contributed by atoms with Gasteiger partial charge < -0.3 is 4.42 Å². The Labute approximate surface area is 287 Å². The van der Waals surface area contributed by atoms with E-state index >= 15 is 0 Å². The topological polar surface area (TPSA) is 13.1 Å². The van der Waals surface area contributed by atoms with Gasteiger partial charge in [0, 0.05) is 10.8 Å². The van der Waals surface area contributed by atoms with Crippen LogP contribution in [0.25, 0.3) is 98.4 Å². The second kappa shape index (κ2) is 10.2. The molecular formula is C46H28O. The predicted octanol–water partition coefficient (Wildman–Crippen LogP) is 13.2. The highest BCUT2D eigenvalue weighted by molar-refractivity contribution is 6.26. The summed E-state index contributed by atoms with van der Waals surface area (Å²) in [6, 6.07) is 27.4. The largest absolute Gasteiger partial charge is 0.456 e. The van der Waals surface area contributed by atoms with Crippen molar-refractivity contribution in [1.82, 2.24) is 0 Å². The van der Waals surface area contributed by atoms with Gasteiger partial charge in [-0.25, -0.2) is 0 Å². The molecule has 0 N–H and O–H groups in total. The van der Waals surface area contributed by atoms with Gasteiger partial charge in [0.25, 0.3) is 0 Å². The molecule has 10 aromatic rings. The third kappa shape index (κ3) is 4.03.